The van der Waals surface area contributed by atoms with Gasteiger partial charge in [0.25, 0.3) is 0 Å². The van der Waals surface area contributed by atoms with E-state index in [0.717, 1.165) is 35.4 Å². The van der Waals surface area contributed by atoms with Crippen LogP contribution in [0.5, 0.6) is 0 Å². The molecule has 0 unspecified atom stereocenters. The van der Waals surface area contributed by atoms with Crippen LogP contribution in [0.15, 0.2) is 35.7 Å². The van der Waals surface area contributed by atoms with Gasteiger partial charge in [0.1, 0.15) is 5.82 Å². The smallest absolute Gasteiger partial charge is 0.188 e. The number of aryl methyl sites for hydroxylation is 1. The van der Waals surface area contributed by atoms with Gasteiger partial charge in [-0.2, -0.15) is 0 Å². The largest absolute Gasteiger partial charge is 0.370 e. The molecule has 0 saturated carbocycles. The summed E-state index contributed by atoms with van der Waals surface area (Å²) in [6, 6.07) is 6.02. The third-order valence-corrected chi connectivity index (χ3v) is 3.45. The van der Waals surface area contributed by atoms with Crippen LogP contribution in [0, 0.1) is 6.92 Å². The van der Waals surface area contributed by atoms with Crippen molar-refractivity contribution in [2.24, 2.45) is 0 Å². The van der Waals surface area contributed by atoms with Crippen LogP contribution in [0.2, 0.25) is 0 Å². The molecule has 0 aromatic carbocycles. The summed E-state index contributed by atoms with van der Waals surface area (Å²) in [6.45, 7) is 5.07. The lowest BCUT2D eigenvalue weighted by Gasteiger charge is -2.06. The minimum atomic E-state index is 0.819. The van der Waals surface area contributed by atoms with Crippen molar-refractivity contribution in [2.45, 2.75) is 31.2 Å². The van der Waals surface area contributed by atoms with Gasteiger partial charge in [-0.25, -0.2) is 15.0 Å². The fraction of sp³-hybridized carbons (Fsp3) is 0.357. The number of pyridine rings is 1. The summed E-state index contributed by atoms with van der Waals surface area (Å²) in [4.78, 5) is 12.9. The second-order valence-electron chi connectivity index (χ2n) is 4.25. The van der Waals surface area contributed by atoms with Gasteiger partial charge in [-0.3, -0.25) is 0 Å². The molecule has 1 N–H and O–H groups in total. The molecule has 0 atom stereocenters. The third-order valence-electron chi connectivity index (χ3n) is 2.52. The van der Waals surface area contributed by atoms with Crippen molar-refractivity contribution in [3.63, 3.8) is 0 Å². The molecule has 19 heavy (non-hydrogen) atoms. The van der Waals surface area contributed by atoms with Crippen LogP contribution in [0.3, 0.4) is 0 Å². The summed E-state index contributed by atoms with van der Waals surface area (Å²) >= 11 is 1.64. The average Bonchev–Trinajstić information content (AvgIpc) is 2.43. The molecule has 0 radical (unpaired) electrons. The third kappa shape index (κ3) is 4.52. The van der Waals surface area contributed by atoms with E-state index in [1.807, 2.05) is 25.3 Å². The quantitative estimate of drug-likeness (QED) is 0.647. The van der Waals surface area contributed by atoms with Crippen molar-refractivity contribution in [3.05, 3.63) is 41.9 Å². The van der Waals surface area contributed by atoms with E-state index < -0.39 is 0 Å². The Morgan fingerprint density at radius 3 is 2.84 bits per heavy atom. The molecule has 0 fully saturated rings. The summed E-state index contributed by atoms with van der Waals surface area (Å²) in [6.07, 6.45) is 4.73. The summed E-state index contributed by atoms with van der Waals surface area (Å²) in [5, 5.41) is 4.11. The van der Waals surface area contributed by atoms with Crippen molar-refractivity contribution in [1.29, 1.82) is 0 Å². The number of nitrogens with one attached hydrogen (secondary N) is 1. The molecule has 5 heteroatoms. The number of anilines is 1. The summed E-state index contributed by atoms with van der Waals surface area (Å²) in [7, 11) is 0. The van der Waals surface area contributed by atoms with Gasteiger partial charge in [-0.15, -0.1) is 0 Å². The van der Waals surface area contributed by atoms with Gasteiger partial charge >= 0.3 is 0 Å². The number of hydrogen-bond acceptors (Lipinski definition) is 5. The molecule has 100 valence electrons. The SMILES string of the molecule is CCCNc1cc(CSc2nccc(C)n2)ccn1. The molecule has 0 aliphatic rings. The first-order chi connectivity index (χ1) is 9.28. The van der Waals surface area contributed by atoms with E-state index in [1.165, 1.54) is 5.56 Å². The number of aromatic nitrogens is 3. The van der Waals surface area contributed by atoms with Crippen LogP contribution >= 0.6 is 11.8 Å². The lowest BCUT2D eigenvalue weighted by atomic mass is 10.3. The van der Waals surface area contributed by atoms with E-state index in [2.05, 4.69) is 33.3 Å². The Kier molecular flexibility index (Phi) is 5.15. The predicted molar refractivity (Wildman–Crippen MR) is 79.3 cm³/mol. The minimum absolute atomic E-state index is 0.819. The van der Waals surface area contributed by atoms with Gasteiger partial charge in [-0.1, -0.05) is 18.7 Å². The van der Waals surface area contributed by atoms with E-state index in [1.54, 1.807) is 18.0 Å². The highest BCUT2D eigenvalue weighted by atomic mass is 32.2. The van der Waals surface area contributed by atoms with E-state index in [9.17, 15) is 0 Å². The zero-order valence-corrected chi connectivity index (χ0v) is 12.1. The van der Waals surface area contributed by atoms with E-state index in [4.69, 9.17) is 0 Å². The van der Waals surface area contributed by atoms with Gasteiger partial charge in [-0.05, 0) is 37.1 Å². The van der Waals surface area contributed by atoms with Crippen LogP contribution in [-0.4, -0.2) is 21.5 Å². The van der Waals surface area contributed by atoms with Crippen molar-refractivity contribution in [2.75, 3.05) is 11.9 Å². The molecule has 4 nitrogen and oxygen atoms in total. The molecular weight excluding hydrogens is 256 g/mol. The fourth-order valence-electron chi connectivity index (χ4n) is 1.56. The second-order valence-corrected chi connectivity index (χ2v) is 5.19. The summed E-state index contributed by atoms with van der Waals surface area (Å²) < 4.78 is 0. The van der Waals surface area contributed by atoms with Crippen molar-refractivity contribution >= 4 is 17.6 Å². The normalized spacial score (nSPS) is 10.4. The number of hydrogen-bond donors (Lipinski definition) is 1. The molecule has 0 aliphatic heterocycles. The molecule has 2 aromatic rings. The Morgan fingerprint density at radius 1 is 1.21 bits per heavy atom. The topological polar surface area (TPSA) is 50.7 Å². The highest BCUT2D eigenvalue weighted by Gasteiger charge is 2.01. The maximum atomic E-state index is 4.38. The molecular formula is C14H18N4S. The maximum Gasteiger partial charge on any atom is 0.188 e. The number of thioether (sulfide) groups is 1. The van der Waals surface area contributed by atoms with Crippen LogP contribution in [0.4, 0.5) is 5.82 Å². The zero-order valence-electron chi connectivity index (χ0n) is 11.3. The van der Waals surface area contributed by atoms with Crippen molar-refractivity contribution in [1.82, 2.24) is 15.0 Å². The molecule has 0 amide bonds. The molecule has 0 saturated heterocycles. The minimum Gasteiger partial charge on any atom is -0.370 e. The molecule has 0 spiro atoms. The Morgan fingerprint density at radius 2 is 2.05 bits per heavy atom. The van der Waals surface area contributed by atoms with Crippen LogP contribution in [0.1, 0.15) is 24.6 Å². The Balaban J connectivity index is 1.95. The molecule has 2 rings (SSSR count). The van der Waals surface area contributed by atoms with Gasteiger partial charge in [0.15, 0.2) is 5.16 Å². The highest BCUT2D eigenvalue weighted by Crippen LogP contribution is 2.20. The number of nitrogens with zero attached hydrogens (tertiary/aromatic N) is 3. The molecule has 0 aliphatic carbocycles. The van der Waals surface area contributed by atoms with Gasteiger partial charge in [0.2, 0.25) is 0 Å². The van der Waals surface area contributed by atoms with E-state index in [0.29, 0.717) is 0 Å². The van der Waals surface area contributed by atoms with Gasteiger partial charge in [0.05, 0.1) is 0 Å². The van der Waals surface area contributed by atoms with E-state index >= 15 is 0 Å². The number of rotatable bonds is 6. The first-order valence-corrected chi connectivity index (χ1v) is 7.37. The second kappa shape index (κ2) is 7.09. The summed E-state index contributed by atoms with van der Waals surface area (Å²) in [5.74, 6) is 1.79. The molecule has 2 heterocycles. The first kappa shape index (κ1) is 13.8. The van der Waals surface area contributed by atoms with Crippen molar-refractivity contribution in [3.8, 4) is 0 Å². The van der Waals surface area contributed by atoms with Crippen LogP contribution in [0.25, 0.3) is 0 Å². The maximum absolute atomic E-state index is 4.38. The average molecular weight is 274 g/mol. The predicted octanol–water partition coefficient (Wildman–Crippen LogP) is 3.29. The Labute approximate surface area is 118 Å². The Bertz CT molecular complexity index is 530. The monoisotopic (exact) mass is 274 g/mol. The standard InChI is InChI=1S/C14H18N4S/c1-3-6-15-13-9-12(5-8-16-13)10-19-14-17-7-4-11(2)18-14/h4-5,7-9H,3,6,10H2,1-2H3,(H,15,16). The lowest BCUT2D eigenvalue weighted by molar-refractivity contribution is 0.931. The van der Waals surface area contributed by atoms with Crippen LogP contribution < -0.4 is 5.32 Å². The zero-order chi connectivity index (χ0) is 13.5. The summed E-state index contributed by atoms with van der Waals surface area (Å²) in [5.41, 5.74) is 2.22. The molecule has 0 bridgehead atoms. The van der Waals surface area contributed by atoms with Crippen molar-refractivity contribution < 1.29 is 0 Å². The van der Waals surface area contributed by atoms with E-state index in [-0.39, 0.29) is 0 Å². The first-order valence-electron chi connectivity index (χ1n) is 6.39. The van der Waals surface area contributed by atoms with Gasteiger partial charge < -0.3 is 5.32 Å². The highest BCUT2D eigenvalue weighted by molar-refractivity contribution is 7.98. The Hall–Kier alpha value is -1.62. The van der Waals surface area contributed by atoms with Gasteiger partial charge in [0, 0.05) is 30.4 Å². The fourth-order valence-corrected chi connectivity index (χ4v) is 2.38. The lowest BCUT2D eigenvalue weighted by Crippen LogP contribution is -2.01. The molecule has 2 aromatic heterocycles. The van der Waals surface area contributed by atoms with Crippen LogP contribution in [-0.2, 0) is 5.75 Å².